The van der Waals surface area contributed by atoms with E-state index < -0.39 is 0 Å². The predicted molar refractivity (Wildman–Crippen MR) is 102 cm³/mol. The van der Waals surface area contributed by atoms with Gasteiger partial charge in [-0.3, -0.25) is 4.79 Å². The van der Waals surface area contributed by atoms with Gasteiger partial charge in [0.05, 0.1) is 6.42 Å². The molecule has 3 N–H and O–H groups in total. The van der Waals surface area contributed by atoms with Crippen molar-refractivity contribution in [1.82, 2.24) is 5.32 Å². The average Bonchev–Trinajstić information content (AvgIpc) is 2.48. The van der Waals surface area contributed by atoms with Crippen molar-refractivity contribution in [1.29, 1.82) is 0 Å². The summed E-state index contributed by atoms with van der Waals surface area (Å²) in [4.78, 5) is 12.1. The van der Waals surface area contributed by atoms with E-state index in [0.29, 0.717) is 18.7 Å². The van der Waals surface area contributed by atoms with Crippen LogP contribution in [0.3, 0.4) is 0 Å². The van der Waals surface area contributed by atoms with Crippen molar-refractivity contribution in [3.63, 3.8) is 0 Å². The molecule has 2 aromatic carbocycles. The van der Waals surface area contributed by atoms with Crippen molar-refractivity contribution in [3.8, 4) is 0 Å². The zero-order valence-corrected chi connectivity index (χ0v) is 15.7. The van der Waals surface area contributed by atoms with Crippen LogP contribution in [0.2, 0.25) is 0 Å². The van der Waals surface area contributed by atoms with Crippen molar-refractivity contribution >= 4 is 39.9 Å². The Hall–Kier alpha value is -1.52. The van der Waals surface area contributed by atoms with Crippen LogP contribution in [-0.4, -0.2) is 12.5 Å². The van der Waals surface area contributed by atoms with Gasteiger partial charge in [0.15, 0.2) is 0 Å². The number of amides is 1. The molecule has 0 radical (unpaired) electrons. The fourth-order valence-corrected chi connectivity index (χ4v) is 2.47. The Bertz CT molecular complexity index is 639. The molecule has 0 spiro atoms. The van der Waals surface area contributed by atoms with E-state index in [1.165, 1.54) is 5.56 Å². The van der Waals surface area contributed by atoms with Crippen LogP contribution >= 0.6 is 28.3 Å². The third kappa shape index (κ3) is 5.88. The maximum atomic E-state index is 12.1. The average molecular weight is 398 g/mol. The number of nitrogens with two attached hydrogens (primary N) is 1. The topological polar surface area (TPSA) is 55.1 Å². The molecule has 0 bridgehead atoms. The summed E-state index contributed by atoms with van der Waals surface area (Å²) in [5.41, 5.74) is 8.40. The number of nitrogens with one attached hydrogen (secondary N) is 1. The largest absolute Gasteiger partial charge is 0.399 e. The van der Waals surface area contributed by atoms with Crippen molar-refractivity contribution in [2.75, 3.05) is 12.3 Å². The van der Waals surface area contributed by atoms with Gasteiger partial charge in [-0.25, -0.2) is 0 Å². The first-order chi connectivity index (χ1) is 10.4. The Morgan fingerprint density at radius 1 is 1.09 bits per heavy atom. The third-order valence-corrected chi connectivity index (χ3v) is 4.23. The molecule has 1 amide bonds. The standard InChI is InChI=1S/C18H21BrN2O.ClH/c1-18(2,14-5-7-15(19)8-6-14)12-21-17(22)11-13-3-9-16(20)10-4-13;/h3-10H,11-12,20H2,1-2H3,(H,21,22);1H. The second kappa shape index (κ2) is 8.37. The van der Waals surface area contributed by atoms with E-state index >= 15 is 0 Å². The first-order valence-electron chi connectivity index (χ1n) is 7.24. The summed E-state index contributed by atoms with van der Waals surface area (Å²) >= 11 is 3.44. The predicted octanol–water partition coefficient (Wildman–Crippen LogP) is 4.09. The smallest absolute Gasteiger partial charge is 0.224 e. The third-order valence-electron chi connectivity index (χ3n) is 3.70. The van der Waals surface area contributed by atoms with Crippen LogP contribution in [-0.2, 0) is 16.6 Å². The summed E-state index contributed by atoms with van der Waals surface area (Å²) in [6.45, 7) is 4.85. The van der Waals surface area contributed by atoms with Crippen LogP contribution < -0.4 is 11.1 Å². The summed E-state index contributed by atoms with van der Waals surface area (Å²) in [6.07, 6.45) is 0.372. The molecule has 2 aromatic rings. The quantitative estimate of drug-likeness (QED) is 0.747. The van der Waals surface area contributed by atoms with Gasteiger partial charge in [-0.1, -0.05) is 54.0 Å². The van der Waals surface area contributed by atoms with E-state index in [9.17, 15) is 4.79 Å². The van der Waals surface area contributed by atoms with Gasteiger partial charge in [-0.2, -0.15) is 0 Å². The number of anilines is 1. The van der Waals surface area contributed by atoms with E-state index in [2.05, 4.69) is 47.2 Å². The van der Waals surface area contributed by atoms with Crippen LogP contribution in [0.4, 0.5) is 5.69 Å². The molecule has 0 aliphatic heterocycles. The molecule has 23 heavy (non-hydrogen) atoms. The van der Waals surface area contributed by atoms with Gasteiger partial charge >= 0.3 is 0 Å². The lowest BCUT2D eigenvalue weighted by molar-refractivity contribution is -0.120. The molecule has 0 heterocycles. The van der Waals surface area contributed by atoms with Gasteiger partial charge in [-0.15, -0.1) is 12.4 Å². The van der Waals surface area contributed by atoms with E-state index in [-0.39, 0.29) is 23.7 Å². The van der Waals surface area contributed by atoms with Gasteiger partial charge in [0.1, 0.15) is 0 Å². The highest BCUT2D eigenvalue weighted by atomic mass is 79.9. The number of nitrogen functional groups attached to an aromatic ring is 1. The second-order valence-corrected chi connectivity index (χ2v) is 7.00. The minimum Gasteiger partial charge on any atom is -0.399 e. The molecule has 0 atom stereocenters. The van der Waals surface area contributed by atoms with Crippen LogP contribution in [0.15, 0.2) is 53.0 Å². The molecular weight excluding hydrogens is 376 g/mol. The van der Waals surface area contributed by atoms with Crippen molar-refractivity contribution in [2.45, 2.75) is 25.7 Å². The number of carbonyl (C=O) groups is 1. The monoisotopic (exact) mass is 396 g/mol. The Kier molecular flexibility index (Phi) is 7.10. The molecule has 0 aliphatic carbocycles. The van der Waals surface area contributed by atoms with Gasteiger partial charge in [-0.05, 0) is 35.4 Å². The molecule has 3 nitrogen and oxygen atoms in total. The highest BCUT2D eigenvalue weighted by Crippen LogP contribution is 2.24. The number of carbonyl (C=O) groups excluding carboxylic acids is 1. The first kappa shape index (κ1) is 19.5. The minimum atomic E-state index is -0.114. The van der Waals surface area contributed by atoms with Crippen molar-refractivity contribution < 1.29 is 4.79 Å². The van der Waals surface area contributed by atoms with Gasteiger partial charge < -0.3 is 11.1 Å². The number of rotatable bonds is 5. The Balaban J connectivity index is 0.00000264. The molecule has 0 saturated carbocycles. The Morgan fingerprint density at radius 3 is 2.22 bits per heavy atom. The molecule has 0 saturated heterocycles. The fourth-order valence-electron chi connectivity index (χ4n) is 2.21. The minimum absolute atomic E-state index is 0. The second-order valence-electron chi connectivity index (χ2n) is 6.09. The van der Waals surface area contributed by atoms with E-state index in [4.69, 9.17) is 5.73 Å². The molecule has 0 fully saturated rings. The van der Waals surface area contributed by atoms with E-state index in [0.717, 1.165) is 10.0 Å². The lowest BCUT2D eigenvalue weighted by atomic mass is 9.84. The summed E-state index contributed by atoms with van der Waals surface area (Å²) in [7, 11) is 0. The molecule has 2 rings (SSSR count). The molecule has 0 aromatic heterocycles. The molecule has 0 aliphatic rings. The van der Waals surface area contributed by atoms with Crippen molar-refractivity contribution in [2.24, 2.45) is 0 Å². The lowest BCUT2D eigenvalue weighted by Crippen LogP contribution is -2.37. The molecule has 0 unspecified atom stereocenters. The normalized spacial score (nSPS) is 10.7. The Labute approximate surface area is 152 Å². The highest BCUT2D eigenvalue weighted by molar-refractivity contribution is 9.10. The summed E-state index contributed by atoms with van der Waals surface area (Å²) in [6, 6.07) is 15.6. The number of hydrogen-bond donors (Lipinski definition) is 2. The summed E-state index contributed by atoms with van der Waals surface area (Å²) in [5.74, 6) is 0.0231. The number of hydrogen-bond acceptors (Lipinski definition) is 2. The lowest BCUT2D eigenvalue weighted by Gasteiger charge is -2.25. The summed E-state index contributed by atoms with van der Waals surface area (Å²) < 4.78 is 1.06. The fraction of sp³-hybridized carbons (Fsp3) is 0.278. The van der Waals surface area contributed by atoms with Crippen LogP contribution in [0.25, 0.3) is 0 Å². The first-order valence-corrected chi connectivity index (χ1v) is 8.03. The Morgan fingerprint density at radius 2 is 1.65 bits per heavy atom. The molecule has 5 heteroatoms. The van der Waals surface area contributed by atoms with Crippen LogP contribution in [0.5, 0.6) is 0 Å². The maximum Gasteiger partial charge on any atom is 0.224 e. The zero-order chi connectivity index (χ0) is 16.2. The molecule has 124 valence electrons. The van der Waals surface area contributed by atoms with Gasteiger partial charge in [0.25, 0.3) is 0 Å². The number of halogens is 2. The van der Waals surface area contributed by atoms with Crippen molar-refractivity contribution in [3.05, 3.63) is 64.1 Å². The molecular formula is C18H22BrClN2O. The van der Waals surface area contributed by atoms with Crippen LogP contribution in [0.1, 0.15) is 25.0 Å². The van der Waals surface area contributed by atoms with E-state index in [1.807, 2.05) is 36.4 Å². The highest BCUT2D eigenvalue weighted by Gasteiger charge is 2.21. The summed E-state index contributed by atoms with van der Waals surface area (Å²) in [5, 5.41) is 3.02. The van der Waals surface area contributed by atoms with E-state index in [1.54, 1.807) is 0 Å². The SMILES string of the molecule is CC(C)(CNC(=O)Cc1ccc(N)cc1)c1ccc(Br)cc1.Cl. The van der Waals surface area contributed by atoms with Gasteiger partial charge in [0.2, 0.25) is 5.91 Å². The number of benzene rings is 2. The van der Waals surface area contributed by atoms with Crippen LogP contribution in [0, 0.1) is 0 Å². The van der Waals surface area contributed by atoms with Gasteiger partial charge in [0, 0.05) is 22.1 Å². The maximum absolute atomic E-state index is 12.1. The zero-order valence-electron chi connectivity index (χ0n) is 13.3.